The molecule has 2 aromatic carbocycles. The zero-order valence-corrected chi connectivity index (χ0v) is 15.1. The van der Waals surface area contributed by atoms with Crippen LogP contribution in [0.5, 0.6) is 0 Å². The van der Waals surface area contributed by atoms with Gasteiger partial charge in [0.25, 0.3) is 0 Å². The molecule has 0 saturated carbocycles. The van der Waals surface area contributed by atoms with Gasteiger partial charge in [-0.2, -0.15) is 0 Å². The summed E-state index contributed by atoms with van der Waals surface area (Å²) in [5, 5.41) is 21.2. The van der Waals surface area contributed by atoms with Gasteiger partial charge in [-0.25, -0.2) is 0 Å². The van der Waals surface area contributed by atoms with Gasteiger partial charge in [0, 0.05) is 12.8 Å². The fraction of sp³-hybridized carbons (Fsp3) is 0.364. The molecule has 0 aliphatic carbocycles. The van der Waals surface area contributed by atoms with E-state index in [1.54, 1.807) is 26.0 Å². The van der Waals surface area contributed by atoms with Gasteiger partial charge in [-0.05, 0) is 38.8 Å². The highest BCUT2D eigenvalue weighted by molar-refractivity contribution is 5.26. The average Bonchev–Trinajstić information content (AvgIpc) is 2.50. The molecule has 0 spiro atoms. The molecule has 2 heteroatoms. The SMILES string of the molecule is Cc1ccc(CC(C)(O)/C=C/C(C)(O)Cc2ccc(C)cc2)cc1. The highest BCUT2D eigenvalue weighted by Crippen LogP contribution is 2.20. The van der Waals surface area contributed by atoms with Crippen LogP contribution in [0.1, 0.15) is 36.1 Å². The summed E-state index contributed by atoms with van der Waals surface area (Å²) in [5.74, 6) is 0. The summed E-state index contributed by atoms with van der Waals surface area (Å²) in [6, 6.07) is 16.3. The van der Waals surface area contributed by atoms with E-state index in [4.69, 9.17) is 0 Å². The van der Waals surface area contributed by atoms with Crippen LogP contribution in [0.2, 0.25) is 0 Å². The van der Waals surface area contributed by atoms with Crippen molar-refractivity contribution in [3.63, 3.8) is 0 Å². The maximum absolute atomic E-state index is 10.6. The van der Waals surface area contributed by atoms with E-state index in [-0.39, 0.29) is 0 Å². The monoisotopic (exact) mass is 324 g/mol. The van der Waals surface area contributed by atoms with E-state index in [0.29, 0.717) is 12.8 Å². The van der Waals surface area contributed by atoms with Crippen LogP contribution in [-0.4, -0.2) is 21.4 Å². The summed E-state index contributed by atoms with van der Waals surface area (Å²) in [4.78, 5) is 0. The lowest BCUT2D eigenvalue weighted by Crippen LogP contribution is -2.29. The molecule has 2 nitrogen and oxygen atoms in total. The Hall–Kier alpha value is -1.90. The summed E-state index contributed by atoms with van der Waals surface area (Å²) >= 11 is 0. The summed E-state index contributed by atoms with van der Waals surface area (Å²) in [7, 11) is 0. The minimum atomic E-state index is -0.994. The first-order valence-electron chi connectivity index (χ1n) is 8.41. The van der Waals surface area contributed by atoms with Gasteiger partial charge in [0.2, 0.25) is 0 Å². The van der Waals surface area contributed by atoms with Crippen molar-refractivity contribution in [3.8, 4) is 0 Å². The van der Waals surface area contributed by atoms with E-state index in [0.717, 1.165) is 11.1 Å². The topological polar surface area (TPSA) is 40.5 Å². The van der Waals surface area contributed by atoms with E-state index in [2.05, 4.69) is 0 Å². The minimum Gasteiger partial charge on any atom is -0.386 e. The van der Waals surface area contributed by atoms with Crippen molar-refractivity contribution in [1.82, 2.24) is 0 Å². The molecular weight excluding hydrogens is 296 g/mol. The van der Waals surface area contributed by atoms with E-state index in [9.17, 15) is 10.2 Å². The van der Waals surface area contributed by atoms with E-state index in [1.807, 2.05) is 62.4 Å². The van der Waals surface area contributed by atoms with Gasteiger partial charge >= 0.3 is 0 Å². The van der Waals surface area contributed by atoms with Crippen LogP contribution < -0.4 is 0 Å². The van der Waals surface area contributed by atoms with Crippen LogP contribution in [0.25, 0.3) is 0 Å². The Balaban J connectivity index is 2.03. The Labute approximate surface area is 145 Å². The molecule has 0 fully saturated rings. The molecular formula is C22H28O2. The summed E-state index contributed by atoms with van der Waals surface area (Å²) in [5.41, 5.74) is 2.57. The van der Waals surface area contributed by atoms with Gasteiger partial charge < -0.3 is 10.2 Å². The summed E-state index contributed by atoms with van der Waals surface area (Å²) in [6.07, 6.45) is 4.46. The van der Waals surface area contributed by atoms with E-state index >= 15 is 0 Å². The molecule has 2 rings (SSSR count). The standard InChI is InChI=1S/C22H28O2/c1-17-5-9-19(10-6-17)15-21(3,23)13-14-22(4,24)16-20-11-7-18(2)8-12-20/h5-14,23-24H,15-16H2,1-4H3/b14-13+. The molecule has 0 heterocycles. The number of hydrogen-bond acceptors (Lipinski definition) is 2. The second-order valence-electron chi connectivity index (χ2n) is 7.37. The van der Waals surface area contributed by atoms with Gasteiger partial charge in [-0.3, -0.25) is 0 Å². The Bertz CT molecular complexity index is 615. The van der Waals surface area contributed by atoms with Crippen molar-refractivity contribution in [2.75, 3.05) is 0 Å². The lowest BCUT2D eigenvalue weighted by atomic mass is 9.90. The predicted molar refractivity (Wildman–Crippen MR) is 100 cm³/mol. The molecule has 0 amide bonds. The van der Waals surface area contributed by atoms with Crippen LogP contribution in [0.15, 0.2) is 60.7 Å². The molecule has 0 bridgehead atoms. The molecule has 0 aliphatic rings. The number of hydrogen-bond donors (Lipinski definition) is 2. The fourth-order valence-corrected chi connectivity index (χ4v) is 2.72. The molecule has 2 unspecified atom stereocenters. The van der Waals surface area contributed by atoms with Crippen molar-refractivity contribution in [1.29, 1.82) is 0 Å². The van der Waals surface area contributed by atoms with Gasteiger partial charge in [0.1, 0.15) is 0 Å². The molecule has 0 aliphatic heterocycles. The van der Waals surface area contributed by atoms with Crippen molar-refractivity contribution in [2.24, 2.45) is 0 Å². The van der Waals surface area contributed by atoms with Crippen molar-refractivity contribution in [2.45, 2.75) is 51.7 Å². The van der Waals surface area contributed by atoms with Crippen molar-refractivity contribution in [3.05, 3.63) is 82.9 Å². The Kier molecular flexibility index (Phi) is 5.63. The molecule has 2 atom stereocenters. The zero-order valence-electron chi connectivity index (χ0n) is 15.1. The van der Waals surface area contributed by atoms with E-state index < -0.39 is 11.2 Å². The quantitative estimate of drug-likeness (QED) is 0.784. The third-order valence-corrected chi connectivity index (χ3v) is 4.17. The fourth-order valence-electron chi connectivity index (χ4n) is 2.72. The predicted octanol–water partition coefficient (Wildman–Crippen LogP) is 4.15. The van der Waals surface area contributed by atoms with Crippen LogP contribution in [0.3, 0.4) is 0 Å². The summed E-state index contributed by atoms with van der Waals surface area (Å²) < 4.78 is 0. The third-order valence-electron chi connectivity index (χ3n) is 4.17. The zero-order chi connectivity index (χ0) is 17.8. The number of benzene rings is 2. The Morgan fingerprint density at radius 3 is 1.25 bits per heavy atom. The highest BCUT2D eigenvalue weighted by Gasteiger charge is 2.22. The van der Waals surface area contributed by atoms with Crippen LogP contribution in [0.4, 0.5) is 0 Å². The van der Waals surface area contributed by atoms with Crippen LogP contribution >= 0.6 is 0 Å². The minimum absolute atomic E-state index is 0.518. The molecule has 24 heavy (non-hydrogen) atoms. The number of aryl methyl sites for hydroxylation is 2. The van der Waals surface area contributed by atoms with Crippen molar-refractivity contribution < 1.29 is 10.2 Å². The molecule has 2 N–H and O–H groups in total. The highest BCUT2D eigenvalue weighted by atomic mass is 16.3. The molecule has 0 radical (unpaired) electrons. The van der Waals surface area contributed by atoms with Gasteiger partial charge in [0.05, 0.1) is 11.2 Å². The smallest absolute Gasteiger partial charge is 0.0840 e. The maximum atomic E-state index is 10.6. The van der Waals surface area contributed by atoms with E-state index in [1.165, 1.54) is 11.1 Å². The van der Waals surface area contributed by atoms with Gasteiger partial charge in [-0.15, -0.1) is 0 Å². The summed E-state index contributed by atoms with van der Waals surface area (Å²) in [6.45, 7) is 7.63. The molecule has 128 valence electrons. The third kappa shape index (κ3) is 5.95. The van der Waals surface area contributed by atoms with Crippen LogP contribution in [-0.2, 0) is 12.8 Å². The Morgan fingerprint density at radius 1 is 0.667 bits per heavy atom. The molecule has 0 saturated heterocycles. The average molecular weight is 324 g/mol. The number of rotatable bonds is 6. The van der Waals surface area contributed by atoms with Gasteiger partial charge in [0.15, 0.2) is 0 Å². The van der Waals surface area contributed by atoms with Crippen LogP contribution in [0, 0.1) is 13.8 Å². The first-order chi connectivity index (χ1) is 11.2. The Morgan fingerprint density at radius 2 is 0.958 bits per heavy atom. The first kappa shape index (κ1) is 18.4. The number of aliphatic hydroxyl groups is 2. The largest absolute Gasteiger partial charge is 0.386 e. The van der Waals surface area contributed by atoms with Gasteiger partial charge in [-0.1, -0.05) is 71.8 Å². The maximum Gasteiger partial charge on any atom is 0.0840 e. The molecule has 0 aromatic heterocycles. The molecule has 2 aromatic rings. The normalized spacial score (nSPS) is 16.8. The lowest BCUT2D eigenvalue weighted by Gasteiger charge is -2.24. The lowest BCUT2D eigenvalue weighted by molar-refractivity contribution is 0.0937. The first-order valence-corrected chi connectivity index (χ1v) is 8.41. The second-order valence-corrected chi connectivity index (χ2v) is 7.37. The second kappa shape index (κ2) is 7.33. The van der Waals surface area contributed by atoms with Crippen molar-refractivity contribution >= 4 is 0 Å².